The monoisotopic (exact) mass is 501 g/mol. The Bertz CT molecular complexity index is 1560. The Hall–Kier alpha value is -3.96. The van der Waals surface area contributed by atoms with Gasteiger partial charge in [-0.1, -0.05) is 84.4 Å². The lowest BCUT2D eigenvalue weighted by atomic mass is 9.88. The minimum absolute atomic E-state index is 0.0560. The summed E-state index contributed by atoms with van der Waals surface area (Å²) in [6.45, 7) is 0. The van der Waals surface area contributed by atoms with Crippen LogP contribution in [-0.2, 0) is 12.6 Å². The number of hydrogen-bond acceptors (Lipinski definition) is 2. The summed E-state index contributed by atoms with van der Waals surface area (Å²) in [5, 5.41) is 1.16. The van der Waals surface area contributed by atoms with E-state index in [2.05, 4.69) is 0 Å². The van der Waals surface area contributed by atoms with Crippen molar-refractivity contribution in [2.45, 2.75) is 12.6 Å². The molecule has 0 saturated heterocycles. The number of fused-ring (bicyclic) bond motifs is 1. The number of rotatable bonds is 5. The molecule has 0 aliphatic rings. The molecular weight excluding hydrogens is 483 g/mol. The Balaban J connectivity index is 1.83. The summed E-state index contributed by atoms with van der Waals surface area (Å²) in [6.07, 6.45) is -4.19. The molecule has 0 aliphatic heterocycles. The third-order valence-corrected chi connectivity index (χ3v) is 6.24. The third-order valence-electron chi connectivity index (χ3n) is 6.00. The average molecular weight is 502 g/mol. The zero-order valence-electron chi connectivity index (χ0n) is 18.9. The number of aromatic nitrogens is 1. The predicted octanol–water partition coefficient (Wildman–Crippen LogP) is 8.40. The molecule has 5 aromatic rings. The van der Waals surface area contributed by atoms with E-state index >= 15 is 0 Å². The zero-order valence-corrected chi connectivity index (χ0v) is 19.6. The van der Waals surface area contributed by atoms with E-state index in [-0.39, 0.29) is 11.1 Å². The van der Waals surface area contributed by atoms with Crippen molar-refractivity contribution in [1.82, 2.24) is 4.98 Å². The van der Waals surface area contributed by atoms with Crippen molar-refractivity contribution in [2.24, 2.45) is 0 Å². The minimum Gasteiger partial charge on any atom is -0.289 e. The second-order valence-electron chi connectivity index (χ2n) is 8.41. The van der Waals surface area contributed by atoms with Gasteiger partial charge in [-0.05, 0) is 47.9 Å². The highest BCUT2D eigenvalue weighted by atomic mass is 35.5. The number of ketones is 1. The van der Waals surface area contributed by atoms with Crippen LogP contribution in [0.2, 0.25) is 5.02 Å². The number of benzene rings is 4. The van der Waals surface area contributed by atoms with Crippen LogP contribution in [0, 0.1) is 0 Å². The number of carbonyl (C=O) groups excluding carboxylic acids is 1. The van der Waals surface area contributed by atoms with Gasteiger partial charge in [-0.2, -0.15) is 13.2 Å². The summed E-state index contributed by atoms with van der Waals surface area (Å²) in [6, 6.07) is 28.5. The molecule has 5 rings (SSSR count). The Morgan fingerprint density at radius 3 is 2.19 bits per heavy atom. The second kappa shape index (κ2) is 9.59. The molecule has 0 aliphatic carbocycles. The SMILES string of the molecule is O=C(c1cccc(C(F)(F)F)c1)c1c(-c2ccccc2)nc2ccc(Cl)cc2c1Cc1ccccc1. The van der Waals surface area contributed by atoms with Gasteiger partial charge in [-0.25, -0.2) is 4.98 Å². The molecule has 36 heavy (non-hydrogen) atoms. The molecule has 0 radical (unpaired) electrons. The zero-order chi connectivity index (χ0) is 25.3. The fourth-order valence-corrected chi connectivity index (χ4v) is 4.49. The molecule has 4 aromatic carbocycles. The fraction of sp³-hybridized carbons (Fsp3) is 0.0667. The molecule has 0 bridgehead atoms. The first-order valence-electron chi connectivity index (χ1n) is 11.2. The quantitative estimate of drug-likeness (QED) is 0.226. The van der Waals surface area contributed by atoms with Gasteiger partial charge in [0.1, 0.15) is 0 Å². The normalized spacial score (nSPS) is 11.6. The summed E-state index contributed by atoms with van der Waals surface area (Å²) in [5.74, 6) is -0.528. The number of nitrogens with zero attached hydrogens (tertiary/aromatic N) is 1. The van der Waals surface area contributed by atoms with E-state index in [0.29, 0.717) is 39.2 Å². The van der Waals surface area contributed by atoms with Crippen LogP contribution in [0.15, 0.2) is 103 Å². The Morgan fingerprint density at radius 2 is 1.50 bits per heavy atom. The lowest BCUT2D eigenvalue weighted by Crippen LogP contribution is -2.13. The van der Waals surface area contributed by atoms with Gasteiger partial charge in [0.15, 0.2) is 5.78 Å². The Kier molecular flexibility index (Phi) is 6.33. The van der Waals surface area contributed by atoms with Gasteiger partial charge >= 0.3 is 6.18 Å². The molecule has 0 fully saturated rings. The first kappa shape index (κ1) is 23.8. The fourth-order valence-electron chi connectivity index (χ4n) is 4.32. The third kappa shape index (κ3) is 4.75. The number of pyridine rings is 1. The van der Waals surface area contributed by atoms with E-state index in [1.165, 1.54) is 12.1 Å². The lowest BCUT2D eigenvalue weighted by Gasteiger charge is -2.18. The van der Waals surface area contributed by atoms with Crippen molar-refractivity contribution in [3.05, 3.63) is 136 Å². The largest absolute Gasteiger partial charge is 0.416 e. The molecule has 0 spiro atoms. The summed E-state index contributed by atoms with van der Waals surface area (Å²) in [7, 11) is 0. The first-order chi connectivity index (χ1) is 17.3. The highest BCUT2D eigenvalue weighted by Crippen LogP contribution is 2.36. The van der Waals surface area contributed by atoms with Gasteiger partial charge in [0, 0.05) is 21.5 Å². The van der Waals surface area contributed by atoms with Crippen LogP contribution in [0.3, 0.4) is 0 Å². The standard InChI is InChI=1S/C30H19ClF3NO/c31-23-14-15-26-24(18-23)25(16-19-8-3-1-4-9-19)27(28(35-26)20-10-5-2-6-11-20)29(36)21-12-7-13-22(17-21)30(32,33)34/h1-15,17-18H,16H2. The number of hydrogen-bond donors (Lipinski definition) is 0. The molecular formula is C30H19ClF3NO. The maximum atomic E-state index is 14.0. The van der Waals surface area contributed by atoms with Crippen molar-refractivity contribution in [2.75, 3.05) is 0 Å². The molecule has 1 heterocycles. The maximum Gasteiger partial charge on any atom is 0.416 e. The molecule has 6 heteroatoms. The molecule has 2 nitrogen and oxygen atoms in total. The molecule has 178 valence electrons. The summed E-state index contributed by atoms with van der Waals surface area (Å²) in [5.41, 5.74) is 2.69. The summed E-state index contributed by atoms with van der Waals surface area (Å²) in [4.78, 5) is 18.8. The topological polar surface area (TPSA) is 30.0 Å². The second-order valence-corrected chi connectivity index (χ2v) is 8.85. The first-order valence-corrected chi connectivity index (χ1v) is 11.6. The average Bonchev–Trinajstić information content (AvgIpc) is 2.89. The Labute approximate surface area is 211 Å². The van der Waals surface area contributed by atoms with Gasteiger partial charge in [0.25, 0.3) is 0 Å². The van der Waals surface area contributed by atoms with Crippen LogP contribution in [0.25, 0.3) is 22.2 Å². The van der Waals surface area contributed by atoms with Gasteiger partial charge in [-0.3, -0.25) is 4.79 Å². The molecule has 0 amide bonds. The van der Waals surface area contributed by atoms with E-state index in [9.17, 15) is 18.0 Å². The molecule has 0 atom stereocenters. The van der Waals surface area contributed by atoms with Gasteiger partial charge in [0.2, 0.25) is 0 Å². The number of alkyl halides is 3. The lowest BCUT2D eigenvalue weighted by molar-refractivity contribution is -0.137. The van der Waals surface area contributed by atoms with E-state index in [4.69, 9.17) is 16.6 Å². The van der Waals surface area contributed by atoms with Gasteiger partial charge in [0.05, 0.1) is 22.3 Å². The number of carbonyl (C=O) groups is 1. The smallest absolute Gasteiger partial charge is 0.289 e. The summed E-state index contributed by atoms with van der Waals surface area (Å²) >= 11 is 6.33. The van der Waals surface area contributed by atoms with Crippen molar-refractivity contribution >= 4 is 28.3 Å². The molecule has 0 saturated carbocycles. The molecule has 0 N–H and O–H groups in total. The van der Waals surface area contributed by atoms with Crippen LogP contribution in [-0.4, -0.2) is 10.8 Å². The van der Waals surface area contributed by atoms with E-state index < -0.39 is 17.5 Å². The molecule has 1 aromatic heterocycles. The van der Waals surface area contributed by atoms with Crippen LogP contribution in [0.5, 0.6) is 0 Å². The van der Waals surface area contributed by atoms with Crippen molar-refractivity contribution in [1.29, 1.82) is 0 Å². The van der Waals surface area contributed by atoms with E-state index in [0.717, 1.165) is 17.7 Å². The van der Waals surface area contributed by atoms with Crippen molar-refractivity contribution in [3.8, 4) is 11.3 Å². The van der Waals surface area contributed by atoms with Crippen molar-refractivity contribution < 1.29 is 18.0 Å². The Morgan fingerprint density at radius 1 is 0.806 bits per heavy atom. The van der Waals surface area contributed by atoms with Crippen LogP contribution >= 0.6 is 11.6 Å². The highest BCUT2D eigenvalue weighted by Gasteiger charge is 2.32. The maximum absolute atomic E-state index is 14.0. The van der Waals surface area contributed by atoms with Gasteiger partial charge < -0.3 is 0 Å². The van der Waals surface area contributed by atoms with Crippen LogP contribution in [0.4, 0.5) is 13.2 Å². The van der Waals surface area contributed by atoms with E-state index in [1.54, 1.807) is 18.2 Å². The molecule has 0 unspecified atom stereocenters. The predicted molar refractivity (Wildman–Crippen MR) is 136 cm³/mol. The van der Waals surface area contributed by atoms with Crippen molar-refractivity contribution in [3.63, 3.8) is 0 Å². The minimum atomic E-state index is -4.57. The number of halogens is 4. The van der Waals surface area contributed by atoms with Crippen LogP contribution < -0.4 is 0 Å². The summed E-state index contributed by atoms with van der Waals surface area (Å²) < 4.78 is 40.4. The highest BCUT2D eigenvalue weighted by molar-refractivity contribution is 6.31. The van der Waals surface area contributed by atoms with E-state index in [1.807, 2.05) is 60.7 Å². The van der Waals surface area contributed by atoms with Gasteiger partial charge in [-0.15, -0.1) is 0 Å². The van der Waals surface area contributed by atoms with Crippen LogP contribution in [0.1, 0.15) is 32.6 Å².